The van der Waals surface area contributed by atoms with Crippen molar-refractivity contribution in [1.82, 2.24) is 4.90 Å². The fourth-order valence-corrected chi connectivity index (χ4v) is 5.71. The second-order valence-electron chi connectivity index (χ2n) is 7.39. The number of hydrogen-bond donors (Lipinski definition) is 0. The van der Waals surface area contributed by atoms with Gasteiger partial charge in [0.15, 0.2) is 9.84 Å². The summed E-state index contributed by atoms with van der Waals surface area (Å²) in [5.41, 5.74) is 2.91. The van der Waals surface area contributed by atoms with Crippen molar-refractivity contribution in [2.75, 3.05) is 30.0 Å². The van der Waals surface area contributed by atoms with Gasteiger partial charge in [0.25, 0.3) is 11.8 Å². The highest BCUT2D eigenvalue weighted by Gasteiger charge is 2.33. The molecule has 28 heavy (non-hydrogen) atoms. The Labute approximate surface area is 164 Å². The smallest absolute Gasteiger partial charge is 0.258 e. The molecule has 7 heteroatoms. The van der Waals surface area contributed by atoms with Crippen LogP contribution in [0.1, 0.15) is 32.7 Å². The van der Waals surface area contributed by atoms with Crippen LogP contribution in [-0.4, -0.2) is 56.3 Å². The molecular formula is C21H22N2O4S. The lowest BCUT2D eigenvalue weighted by molar-refractivity contribution is 0.0747. The van der Waals surface area contributed by atoms with Crippen LogP contribution in [0, 0.1) is 0 Å². The van der Waals surface area contributed by atoms with Crippen molar-refractivity contribution < 1.29 is 18.0 Å². The van der Waals surface area contributed by atoms with Crippen LogP contribution in [0.15, 0.2) is 48.5 Å². The number of carbonyl (C=O) groups is 2. The van der Waals surface area contributed by atoms with E-state index < -0.39 is 9.84 Å². The molecule has 2 aromatic carbocycles. The molecule has 2 aromatic rings. The lowest BCUT2D eigenvalue weighted by Crippen LogP contribution is -2.38. The molecule has 1 atom stereocenters. The van der Waals surface area contributed by atoms with E-state index in [2.05, 4.69) is 0 Å². The molecule has 1 unspecified atom stereocenters. The number of anilines is 1. The molecule has 2 amide bonds. The van der Waals surface area contributed by atoms with E-state index in [9.17, 15) is 18.0 Å². The zero-order valence-electron chi connectivity index (χ0n) is 15.7. The summed E-state index contributed by atoms with van der Waals surface area (Å²) >= 11 is 0. The lowest BCUT2D eigenvalue weighted by atomic mass is 10.1. The molecule has 1 fully saturated rings. The number of nitrogens with zero attached hydrogens (tertiary/aromatic N) is 2. The van der Waals surface area contributed by atoms with E-state index in [1.807, 2.05) is 24.3 Å². The maximum atomic E-state index is 13.0. The zero-order valence-corrected chi connectivity index (χ0v) is 16.5. The van der Waals surface area contributed by atoms with Gasteiger partial charge in [0, 0.05) is 36.4 Å². The molecule has 0 aliphatic carbocycles. The summed E-state index contributed by atoms with van der Waals surface area (Å²) in [5, 5.41) is 0. The average Bonchev–Trinajstić information content (AvgIpc) is 3.29. The minimum Gasteiger partial charge on any atom is -0.338 e. The fourth-order valence-electron chi connectivity index (χ4n) is 3.94. The highest BCUT2D eigenvalue weighted by atomic mass is 32.2. The molecule has 4 rings (SSSR count). The fraction of sp³-hybridized carbons (Fsp3) is 0.333. The van der Waals surface area contributed by atoms with Crippen molar-refractivity contribution in [3.63, 3.8) is 0 Å². The number of amides is 2. The van der Waals surface area contributed by atoms with Crippen LogP contribution in [0.5, 0.6) is 0 Å². The van der Waals surface area contributed by atoms with E-state index in [4.69, 9.17) is 0 Å². The SMILES string of the molecule is CN(C(=O)c1cccc(C(=O)N2CCc3ccccc32)c1)C1CCS(=O)(=O)C1. The molecule has 1 saturated heterocycles. The largest absolute Gasteiger partial charge is 0.338 e. The van der Waals surface area contributed by atoms with E-state index in [1.165, 1.54) is 4.90 Å². The lowest BCUT2D eigenvalue weighted by Gasteiger charge is -2.24. The predicted octanol–water partition coefficient (Wildman–Crippen LogP) is 2.15. The highest BCUT2D eigenvalue weighted by Crippen LogP contribution is 2.29. The molecule has 2 heterocycles. The molecular weight excluding hydrogens is 376 g/mol. The van der Waals surface area contributed by atoms with Crippen LogP contribution >= 0.6 is 0 Å². The predicted molar refractivity (Wildman–Crippen MR) is 107 cm³/mol. The van der Waals surface area contributed by atoms with Crippen molar-refractivity contribution in [3.05, 3.63) is 65.2 Å². The van der Waals surface area contributed by atoms with Gasteiger partial charge < -0.3 is 9.80 Å². The number of fused-ring (bicyclic) bond motifs is 1. The van der Waals surface area contributed by atoms with Crippen LogP contribution in [0.4, 0.5) is 5.69 Å². The van der Waals surface area contributed by atoms with E-state index in [0.717, 1.165) is 17.7 Å². The Bertz CT molecular complexity index is 1050. The molecule has 0 radical (unpaired) electrons. The summed E-state index contributed by atoms with van der Waals surface area (Å²) in [4.78, 5) is 29.1. The zero-order chi connectivity index (χ0) is 19.9. The first-order chi connectivity index (χ1) is 13.4. The third-order valence-corrected chi connectivity index (χ3v) is 7.32. The maximum absolute atomic E-state index is 13.0. The van der Waals surface area contributed by atoms with Crippen LogP contribution in [0.25, 0.3) is 0 Å². The molecule has 2 aliphatic rings. The van der Waals surface area contributed by atoms with Gasteiger partial charge in [-0.2, -0.15) is 0 Å². The number of rotatable bonds is 3. The summed E-state index contributed by atoms with van der Waals surface area (Å²) in [6.45, 7) is 0.621. The molecule has 0 saturated carbocycles. The monoisotopic (exact) mass is 398 g/mol. The van der Waals surface area contributed by atoms with E-state index in [-0.39, 0.29) is 29.4 Å². The first-order valence-electron chi connectivity index (χ1n) is 9.33. The Morgan fingerprint density at radius 3 is 2.57 bits per heavy atom. The number of para-hydroxylation sites is 1. The molecule has 0 aromatic heterocycles. The van der Waals surface area contributed by atoms with Crippen LogP contribution < -0.4 is 4.90 Å². The van der Waals surface area contributed by atoms with Crippen LogP contribution in [0.3, 0.4) is 0 Å². The third-order valence-electron chi connectivity index (χ3n) is 5.57. The Kier molecular flexibility index (Phi) is 4.71. The van der Waals surface area contributed by atoms with Gasteiger partial charge in [0.1, 0.15) is 0 Å². The Morgan fingerprint density at radius 2 is 1.82 bits per heavy atom. The van der Waals surface area contributed by atoms with Gasteiger partial charge in [0.05, 0.1) is 11.5 Å². The normalized spacial score (nSPS) is 20.0. The Hall–Kier alpha value is -2.67. The number of benzene rings is 2. The standard InChI is InChI=1S/C21H22N2O4S/c1-22(18-10-12-28(26,27)14-18)20(24)16-6-4-7-17(13-16)21(25)23-11-9-15-5-2-3-8-19(15)23/h2-8,13,18H,9-12,14H2,1H3. The molecule has 0 bridgehead atoms. The van der Waals surface area contributed by atoms with E-state index in [1.54, 1.807) is 36.2 Å². The van der Waals surface area contributed by atoms with Gasteiger partial charge in [-0.3, -0.25) is 9.59 Å². The molecule has 2 aliphatic heterocycles. The van der Waals surface area contributed by atoms with E-state index >= 15 is 0 Å². The van der Waals surface area contributed by atoms with Gasteiger partial charge in [-0.1, -0.05) is 24.3 Å². The first-order valence-corrected chi connectivity index (χ1v) is 11.2. The van der Waals surface area contributed by atoms with Gasteiger partial charge >= 0.3 is 0 Å². The third kappa shape index (κ3) is 3.42. The molecule has 0 N–H and O–H groups in total. The molecule has 6 nitrogen and oxygen atoms in total. The van der Waals surface area contributed by atoms with Gasteiger partial charge in [-0.15, -0.1) is 0 Å². The average molecular weight is 398 g/mol. The van der Waals surface area contributed by atoms with E-state index in [0.29, 0.717) is 24.1 Å². The number of carbonyl (C=O) groups excluding carboxylic acids is 2. The Morgan fingerprint density at radius 1 is 1.07 bits per heavy atom. The summed E-state index contributed by atoms with van der Waals surface area (Å²) < 4.78 is 23.4. The van der Waals surface area contributed by atoms with Gasteiger partial charge in [-0.05, 0) is 42.7 Å². The second kappa shape index (κ2) is 7.05. The van der Waals surface area contributed by atoms with Crippen molar-refractivity contribution in [2.24, 2.45) is 0 Å². The van der Waals surface area contributed by atoms with Crippen LogP contribution in [0.2, 0.25) is 0 Å². The highest BCUT2D eigenvalue weighted by molar-refractivity contribution is 7.91. The minimum absolute atomic E-state index is 0.00156. The molecule has 146 valence electrons. The van der Waals surface area contributed by atoms with Gasteiger partial charge in [-0.25, -0.2) is 8.42 Å². The molecule has 0 spiro atoms. The topological polar surface area (TPSA) is 74.8 Å². The van der Waals surface area contributed by atoms with Crippen LogP contribution in [-0.2, 0) is 16.3 Å². The summed E-state index contributed by atoms with van der Waals surface area (Å²) in [6.07, 6.45) is 1.27. The van der Waals surface area contributed by atoms with Crippen molar-refractivity contribution in [3.8, 4) is 0 Å². The summed E-state index contributed by atoms with van der Waals surface area (Å²) in [6, 6.07) is 14.2. The summed E-state index contributed by atoms with van der Waals surface area (Å²) in [5.74, 6) is -0.287. The number of sulfone groups is 1. The first kappa shape index (κ1) is 18.7. The number of hydrogen-bond acceptors (Lipinski definition) is 4. The van der Waals surface area contributed by atoms with Gasteiger partial charge in [0.2, 0.25) is 0 Å². The van der Waals surface area contributed by atoms with Crippen molar-refractivity contribution in [1.29, 1.82) is 0 Å². The maximum Gasteiger partial charge on any atom is 0.258 e. The van der Waals surface area contributed by atoms with Crippen molar-refractivity contribution >= 4 is 27.3 Å². The summed E-state index contributed by atoms with van der Waals surface area (Å²) in [7, 11) is -1.45. The quantitative estimate of drug-likeness (QED) is 0.794. The van der Waals surface area contributed by atoms with Crippen molar-refractivity contribution in [2.45, 2.75) is 18.9 Å². The second-order valence-corrected chi connectivity index (χ2v) is 9.62. The minimum atomic E-state index is -3.07. The Balaban J connectivity index is 1.55.